The number of anilines is 2. The number of methoxy groups -OCH3 is 1. The summed E-state index contributed by atoms with van der Waals surface area (Å²) in [6.07, 6.45) is 2.19. The Hall–Kier alpha value is -3.09. The van der Waals surface area contributed by atoms with Crippen LogP contribution in [0.3, 0.4) is 0 Å². The number of ether oxygens (including phenoxy) is 1. The first-order valence-electron chi connectivity index (χ1n) is 8.60. The number of hydrogen-bond donors (Lipinski definition) is 2. The minimum absolute atomic E-state index is 0.0656. The Morgan fingerprint density at radius 2 is 2.25 bits per heavy atom. The highest BCUT2D eigenvalue weighted by molar-refractivity contribution is 6.34. The normalized spacial score (nSPS) is 10.9. The Morgan fingerprint density at radius 1 is 1.46 bits per heavy atom. The van der Waals surface area contributed by atoms with Crippen molar-refractivity contribution < 1.29 is 4.74 Å². The first-order valence-corrected chi connectivity index (χ1v) is 8.98. The molecule has 0 saturated heterocycles. The van der Waals surface area contributed by atoms with Crippen molar-refractivity contribution in [1.82, 2.24) is 19.2 Å². The van der Waals surface area contributed by atoms with Crippen LogP contribution in [0.1, 0.15) is 11.3 Å². The van der Waals surface area contributed by atoms with Gasteiger partial charge in [-0.1, -0.05) is 17.7 Å². The Bertz CT molecular complexity index is 1110. The molecular formula is C18H20ClN7O2. The highest BCUT2D eigenvalue weighted by Crippen LogP contribution is 2.33. The standard InChI is InChI=1S/C18H20ClN7O2/c1-11-13(19)17-23-16(14(21-2)15(20)26(17)24-11)22-7-6-12-5-4-8-25(18(12)27)9-10-28-3/h4-5,8H,6-7,9-10,20H2,1,3H3,(H,22,23). The van der Waals surface area contributed by atoms with E-state index in [1.807, 2.05) is 6.07 Å². The van der Waals surface area contributed by atoms with E-state index in [9.17, 15) is 4.79 Å². The molecule has 0 aliphatic rings. The van der Waals surface area contributed by atoms with Gasteiger partial charge in [0.05, 0.1) is 18.9 Å². The molecule has 3 aromatic rings. The van der Waals surface area contributed by atoms with Crippen LogP contribution in [-0.4, -0.2) is 39.4 Å². The molecule has 0 atom stereocenters. The van der Waals surface area contributed by atoms with Crippen LogP contribution in [0.25, 0.3) is 10.5 Å². The van der Waals surface area contributed by atoms with Crippen LogP contribution in [-0.2, 0) is 17.7 Å². The third kappa shape index (κ3) is 3.65. The van der Waals surface area contributed by atoms with Gasteiger partial charge in [-0.15, -0.1) is 0 Å². The summed E-state index contributed by atoms with van der Waals surface area (Å²) in [5, 5.41) is 7.69. The van der Waals surface area contributed by atoms with E-state index < -0.39 is 0 Å². The number of nitrogens with zero attached hydrogens (tertiary/aromatic N) is 5. The number of aryl methyl sites for hydroxylation is 1. The fourth-order valence-corrected chi connectivity index (χ4v) is 2.99. The zero-order valence-electron chi connectivity index (χ0n) is 15.6. The third-order valence-electron chi connectivity index (χ3n) is 4.31. The Labute approximate surface area is 166 Å². The average Bonchev–Trinajstić information content (AvgIpc) is 2.97. The van der Waals surface area contributed by atoms with Gasteiger partial charge in [-0.3, -0.25) is 4.79 Å². The van der Waals surface area contributed by atoms with E-state index in [1.165, 1.54) is 4.52 Å². The van der Waals surface area contributed by atoms with Crippen molar-refractivity contribution in [3.8, 4) is 0 Å². The first kappa shape index (κ1) is 19.7. The zero-order valence-corrected chi connectivity index (χ0v) is 16.3. The van der Waals surface area contributed by atoms with E-state index in [-0.39, 0.29) is 17.1 Å². The first-order chi connectivity index (χ1) is 13.5. The summed E-state index contributed by atoms with van der Waals surface area (Å²) in [7, 11) is 1.59. The number of nitrogens with two attached hydrogens (primary N) is 1. The summed E-state index contributed by atoms with van der Waals surface area (Å²) in [5.41, 5.74) is 7.78. The molecule has 0 bridgehead atoms. The van der Waals surface area contributed by atoms with Gasteiger partial charge in [-0.25, -0.2) is 14.3 Å². The molecule has 28 heavy (non-hydrogen) atoms. The van der Waals surface area contributed by atoms with Crippen LogP contribution in [0.15, 0.2) is 23.1 Å². The molecule has 0 unspecified atom stereocenters. The molecule has 0 fully saturated rings. The van der Waals surface area contributed by atoms with Crippen molar-refractivity contribution in [3.63, 3.8) is 0 Å². The van der Waals surface area contributed by atoms with Gasteiger partial charge in [0.15, 0.2) is 5.65 Å². The number of nitrogens with one attached hydrogen (secondary N) is 1. The second kappa shape index (κ2) is 8.29. The lowest BCUT2D eigenvalue weighted by Crippen LogP contribution is -2.25. The number of aromatic nitrogens is 4. The number of rotatable bonds is 7. The van der Waals surface area contributed by atoms with Crippen molar-refractivity contribution in [2.45, 2.75) is 19.9 Å². The molecule has 146 valence electrons. The van der Waals surface area contributed by atoms with Gasteiger partial charge in [-0.05, 0) is 19.4 Å². The lowest BCUT2D eigenvalue weighted by Gasteiger charge is -2.11. The van der Waals surface area contributed by atoms with Crippen molar-refractivity contribution in [1.29, 1.82) is 0 Å². The quantitative estimate of drug-likeness (QED) is 0.588. The molecule has 0 radical (unpaired) electrons. The summed E-state index contributed by atoms with van der Waals surface area (Å²) in [4.78, 5) is 20.4. The minimum atomic E-state index is -0.0656. The fourth-order valence-electron chi connectivity index (χ4n) is 2.83. The van der Waals surface area contributed by atoms with E-state index in [4.69, 9.17) is 28.6 Å². The molecule has 0 amide bonds. The lowest BCUT2D eigenvalue weighted by atomic mass is 10.2. The lowest BCUT2D eigenvalue weighted by molar-refractivity contribution is 0.186. The predicted molar refractivity (Wildman–Crippen MR) is 108 cm³/mol. The van der Waals surface area contributed by atoms with Gasteiger partial charge in [0.25, 0.3) is 11.2 Å². The van der Waals surface area contributed by atoms with E-state index in [1.54, 1.807) is 30.9 Å². The topological polar surface area (TPSA) is 104 Å². The van der Waals surface area contributed by atoms with E-state index in [0.717, 1.165) is 0 Å². The Balaban J connectivity index is 1.82. The highest BCUT2D eigenvalue weighted by atomic mass is 35.5. The SMILES string of the molecule is [C-]#[N+]c1c(NCCc2cccn(CCOC)c2=O)nc2c(Cl)c(C)nn2c1N. The molecular weight excluding hydrogens is 382 g/mol. The number of nitrogen functional groups attached to an aromatic ring is 1. The molecule has 3 aromatic heterocycles. The number of halogens is 1. The second-order valence-corrected chi connectivity index (χ2v) is 6.52. The summed E-state index contributed by atoms with van der Waals surface area (Å²) in [6, 6.07) is 3.61. The van der Waals surface area contributed by atoms with Crippen molar-refractivity contribution >= 4 is 34.6 Å². The van der Waals surface area contributed by atoms with Gasteiger partial charge in [0.1, 0.15) is 16.7 Å². The van der Waals surface area contributed by atoms with Crippen LogP contribution in [0.2, 0.25) is 5.02 Å². The minimum Gasteiger partial charge on any atom is -0.392 e. The van der Waals surface area contributed by atoms with E-state index >= 15 is 0 Å². The maximum Gasteiger partial charge on any atom is 0.268 e. The van der Waals surface area contributed by atoms with Gasteiger partial charge < -0.3 is 20.4 Å². The highest BCUT2D eigenvalue weighted by Gasteiger charge is 2.18. The fraction of sp³-hybridized carbons (Fsp3) is 0.333. The molecule has 0 aliphatic heterocycles. The van der Waals surface area contributed by atoms with E-state index in [0.29, 0.717) is 53.9 Å². The van der Waals surface area contributed by atoms with Crippen molar-refractivity contribution in [2.75, 3.05) is 31.3 Å². The maximum atomic E-state index is 12.5. The number of hydrogen-bond acceptors (Lipinski definition) is 6. The number of fused-ring (bicyclic) bond motifs is 1. The van der Waals surface area contributed by atoms with Gasteiger partial charge in [0, 0.05) is 32.0 Å². The zero-order chi connectivity index (χ0) is 20.3. The molecule has 0 saturated carbocycles. The molecule has 3 rings (SSSR count). The summed E-state index contributed by atoms with van der Waals surface area (Å²) in [5.74, 6) is 0.483. The summed E-state index contributed by atoms with van der Waals surface area (Å²) >= 11 is 6.23. The summed E-state index contributed by atoms with van der Waals surface area (Å²) in [6.45, 7) is 10.5. The van der Waals surface area contributed by atoms with Gasteiger partial charge >= 0.3 is 0 Å². The van der Waals surface area contributed by atoms with Crippen LogP contribution in [0.4, 0.5) is 17.3 Å². The third-order valence-corrected chi connectivity index (χ3v) is 4.75. The van der Waals surface area contributed by atoms with E-state index in [2.05, 4.69) is 20.2 Å². The largest absolute Gasteiger partial charge is 0.392 e. The molecule has 3 N–H and O–H groups in total. The van der Waals surface area contributed by atoms with Crippen LogP contribution < -0.4 is 16.6 Å². The number of pyridine rings is 1. The molecule has 10 heteroatoms. The second-order valence-electron chi connectivity index (χ2n) is 6.14. The molecule has 3 heterocycles. The Kier molecular flexibility index (Phi) is 5.82. The smallest absolute Gasteiger partial charge is 0.268 e. The molecule has 0 aromatic carbocycles. The average molecular weight is 402 g/mol. The Morgan fingerprint density at radius 3 is 2.96 bits per heavy atom. The van der Waals surface area contributed by atoms with Crippen LogP contribution in [0.5, 0.6) is 0 Å². The molecule has 0 aliphatic carbocycles. The summed E-state index contributed by atoms with van der Waals surface area (Å²) < 4.78 is 8.00. The predicted octanol–water partition coefficient (Wildman–Crippen LogP) is 2.29. The van der Waals surface area contributed by atoms with Crippen LogP contribution >= 0.6 is 11.6 Å². The van der Waals surface area contributed by atoms with Gasteiger partial charge in [-0.2, -0.15) is 5.10 Å². The van der Waals surface area contributed by atoms with Gasteiger partial charge in [0.2, 0.25) is 0 Å². The van der Waals surface area contributed by atoms with Crippen LogP contribution in [0, 0.1) is 13.5 Å². The molecule has 9 nitrogen and oxygen atoms in total. The van der Waals surface area contributed by atoms with Crippen molar-refractivity contribution in [2.24, 2.45) is 0 Å². The molecule has 0 spiro atoms. The maximum absolute atomic E-state index is 12.5. The van der Waals surface area contributed by atoms with Crippen molar-refractivity contribution in [3.05, 3.63) is 56.4 Å². The monoisotopic (exact) mass is 401 g/mol.